The van der Waals surface area contributed by atoms with Gasteiger partial charge in [-0.2, -0.15) is 4.31 Å². The molecule has 1 aliphatic heterocycles. The van der Waals surface area contributed by atoms with Crippen molar-refractivity contribution in [3.05, 3.63) is 27.7 Å². The number of aryl methyl sites for hydroxylation is 2. The lowest BCUT2D eigenvalue weighted by Gasteiger charge is -2.33. The van der Waals surface area contributed by atoms with Gasteiger partial charge in [0.25, 0.3) is 0 Å². The van der Waals surface area contributed by atoms with E-state index in [0.29, 0.717) is 16.0 Å². The van der Waals surface area contributed by atoms with Crippen LogP contribution in [0.4, 0.5) is 4.79 Å². The Labute approximate surface area is 132 Å². The fraction of sp³-hybridized carbons (Fsp3) is 0.462. The van der Waals surface area contributed by atoms with Gasteiger partial charge >= 0.3 is 6.09 Å². The molecule has 0 saturated carbocycles. The zero-order valence-corrected chi connectivity index (χ0v) is 14.2. The van der Waals surface area contributed by atoms with Gasteiger partial charge < -0.3 is 10.0 Å². The second kappa shape index (κ2) is 5.94. The minimum absolute atomic E-state index is 0.184. The van der Waals surface area contributed by atoms with Crippen molar-refractivity contribution in [2.24, 2.45) is 0 Å². The van der Waals surface area contributed by atoms with Crippen LogP contribution in [0.15, 0.2) is 21.5 Å². The first-order valence-corrected chi connectivity index (χ1v) is 8.71. The smallest absolute Gasteiger partial charge is 0.407 e. The monoisotopic (exact) mass is 376 g/mol. The van der Waals surface area contributed by atoms with Crippen LogP contribution in [0, 0.1) is 13.8 Å². The Balaban J connectivity index is 2.30. The van der Waals surface area contributed by atoms with Crippen LogP contribution in [-0.4, -0.2) is 55.0 Å². The highest BCUT2D eigenvalue weighted by Crippen LogP contribution is 2.27. The lowest BCUT2D eigenvalue weighted by atomic mass is 10.2. The van der Waals surface area contributed by atoms with Crippen molar-refractivity contribution >= 4 is 32.0 Å². The summed E-state index contributed by atoms with van der Waals surface area (Å²) < 4.78 is 27.7. The highest BCUT2D eigenvalue weighted by molar-refractivity contribution is 9.10. The third-order valence-electron chi connectivity index (χ3n) is 3.53. The van der Waals surface area contributed by atoms with Gasteiger partial charge in [0.1, 0.15) is 0 Å². The molecule has 21 heavy (non-hydrogen) atoms. The first-order valence-electron chi connectivity index (χ1n) is 6.48. The van der Waals surface area contributed by atoms with Gasteiger partial charge in [0, 0.05) is 30.7 Å². The van der Waals surface area contributed by atoms with Crippen LogP contribution in [-0.2, 0) is 10.0 Å². The number of halogens is 1. The average Bonchev–Trinajstić information content (AvgIpc) is 2.37. The maximum absolute atomic E-state index is 12.8. The van der Waals surface area contributed by atoms with Gasteiger partial charge in [0.15, 0.2) is 0 Å². The lowest BCUT2D eigenvalue weighted by Crippen LogP contribution is -2.50. The van der Waals surface area contributed by atoms with E-state index in [1.54, 1.807) is 26.0 Å². The van der Waals surface area contributed by atoms with E-state index in [1.807, 2.05) is 0 Å². The number of sulfonamides is 1. The third kappa shape index (κ3) is 3.22. The van der Waals surface area contributed by atoms with Crippen molar-refractivity contribution in [2.45, 2.75) is 18.7 Å². The molecule has 2 rings (SSSR count). The molecule has 0 spiro atoms. The first-order chi connectivity index (χ1) is 9.73. The highest BCUT2D eigenvalue weighted by Gasteiger charge is 2.32. The summed E-state index contributed by atoms with van der Waals surface area (Å²) in [6.45, 7) is 4.29. The van der Waals surface area contributed by atoms with Crippen LogP contribution < -0.4 is 0 Å². The van der Waals surface area contributed by atoms with E-state index < -0.39 is 16.1 Å². The summed E-state index contributed by atoms with van der Waals surface area (Å²) in [5, 5.41) is 8.92. The Hall–Kier alpha value is -1.12. The van der Waals surface area contributed by atoms with E-state index in [-0.39, 0.29) is 26.2 Å². The van der Waals surface area contributed by atoms with Gasteiger partial charge in [-0.15, -0.1) is 0 Å². The maximum atomic E-state index is 12.8. The molecule has 0 radical (unpaired) electrons. The third-order valence-corrected chi connectivity index (χ3v) is 6.19. The van der Waals surface area contributed by atoms with Gasteiger partial charge in [-0.25, -0.2) is 13.2 Å². The van der Waals surface area contributed by atoms with E-state index in [4.69, 9.17) is 5.11 Å². The first kappa shape index (κ1) is 16.3. The number of benzene rings is 1. The minimum Gasteiger partial charge on any atom is -0.465 e. The van der Waals surface area contributed by atoms with E-state index in [1.165, 1.54) is 9.21 Å². The van der Waals surface area contributed by atoms with Gasteiger partial charge in [-0.05, 0) is 37.1 Å². The summed E-state index contributed by atoms with van der Waals surface area (Å²) in [6.07, 6.45) is -1.01. The van der Waals surface area contributed by atoms with Crippen molar-refractivity contribution < 1.29 is 18.3 Å². The molecule has 6 nitrogen and oxygen atoms in total. The van der Waals surface area contributed by atoms with Crippen LogP contribution in [0.3, 0.4) is 0 Å². The Bertz CT molecular complexity index is 644. The molecule has 1 aromatic carbocycles. The van der Waals surface area contributed by atoms with Crippen LogP contribution in [0.2, 0.25) is 0 Å². The Morgan fingerprint density at radius 3 is 2.05 bits per heavy atom. The number of rotatable bonds is 2. The quantitative estimate of drug-likeness (QED) is 0.856. The standard InChI is InChI=1S/C13H17BrN2O4S/c1-9-7-11(14)8-10(2)12(9)21(19,20)16-5-3-15(4-6-16)13(17)18/h7-8H,3-6H2,1-2H3,(H,17,18). The molecule has 0 aromatic heterocycles. The lowest BCUT2D eigenvalue weighted by molar-refractivity contribution is 0.126. The molecule has 116 valence electrons. The molecule has 0 atom stereocenters. The van der Waals surface area contributed by atoms with Crippen LogP contribution in [0.5, 0.6) is 0 Å². The molecule has 1 aromatic rings. The van der Waals surface area contributed by atoms with Gasteiger partial charge in [0.05, 0.1) is 4.90 Å². The fourth-order valence-corrected chi connectivity index (χ4v) is 5.07. The van der Waals surface area contributed by atoms with E-state index in [0.717, 1.165) is 4.47 Å². The summed E-state index contributed by atoms with van der Waals surface area (Å²) in [6, 6.07) is 3.54. The molecule has 0 unspecified atom stereocenters. The van der Waals surface area contributed by atoms with Crippen molar-refractivity contribution in [2.75, 3.05) is 26.2 Å². The zero-order valence-electron chi connectivity index (χ0n) is 11.8. The normalized spacial score (nSPS) is 17.0. The zero-order chi connectivity index (χ0) is 15.8. The Morgan fingerprint density at radius 2 is 1.62 bits per heavy atom. The molecule has 1 aliphatic rings. The molecule has 8 heteroatoms. The van der Waals surface area contributed by atoms with E-state index in [2.05, 4.69) is 15.9 Å². The van der Waals surface area contributed by atoms with Crippen molar-refractivity contribution in [1.29, 1.82) is 0 Å². The van der Waals surface area contributed by atoms with E-state index in [9.17, 15) is 13.2 Å². The predicted molar refractivity (Wildman–Crippen MR) is 82.0 cm³/mol. The second-order valence-corrected chi connectivity index (χ2v) is 7.83. The molecule has 1 amide bonds. The Kier molecular flexibility index (Phi) is 4.60. The van der Waals surface area contributed by atoms with E-state index >= 15 is 0 Å². The molecule has 1 saturated heterocycles. The van der Waals surface area contributed by atoms with Crippen LogP contribution >= 0.6 is 15.9 Å². The Morgan fingerprint density at radius 1 is 1.14 bits per heavy atom. The molecule has 1 heterocycles. The van der Waals surface area contributed by atoms with Gasteiger partial charge in [-0.1, -0.05) is 15.9 Å². The molecule has 0 bridgehead atoms. The van der Waals surface area contributed by atoms with Crippen molar-refractivity contribution in [1.82, 2.24) is 9.21 Å². The van der Waals surface area contributed by atoms with Crippen molar-refractivity contribution in [3.8, 4) is 0 Å². The molecule has 1 N–H and O–H groups in total. The number of nitrogens with zero attached hydrogens (tertiary/aromatic N) is 2. The number of hydrogen-bond donors (Lipinski definition) is 1. The minimum atomic E-state index is -3.60. The molecule has 1 fully saturated rings. The topological polar surface area (TPSA) is 77.9 Å². The summed E-state index contributed by atoms with van der Waals surface area (Å²) in [5.74, 6) is 0. The van der Waals surface area contributed by atoms with Gasteiger partial charge in [-0.3, -0.25) is 0 Å². The summed E-state index contributed by atoms with van der Waals surface area (Å²) in [4.78, 5) is 12.4. The molecular formula is C13H17BrN2O4S. The summed E-state index contributed by atoms with van der Waals surface area (Å²) >= 11 is 3.35. The summed E-state index contributed by atoms with van der Waals surface area (Å²) in [5.41, 5.74) is 1.37. The number of carboxylic acid groups (broad SMARTS) is 1. The number of carbonyl (C=O) groups is 1. The van der Waals surface area contributed by atoms with Gasteiger partial charge in [0.2, 0.25) is 10.0 Å². The number of amides is 1. The highest BCUT2D eigenvalue weighted by atomic mass is 79.9. The largest absolute Gasteiger partial charge is 0.465 e. The summed E-state index contributed by atoms with van der Waals surface area (Å²) in [7, 11) is -3.60. The average molecular weight is 377 g/mol. The molecule has 0 aliphatic carbocycles. The number of hydrogen-bond acceptors (Lipinski definition) is 3. The fourth-order valence-electron chi connectivity index (χ4n) is 2.55. The van der Waals surface area contributed by atoms with Crippen LogP contribution in [0.25, 0.3) is 0 Å². The van der Waals surface area contributed by atoms with Crippen molar-refractivity contribution in [3.63, 3.8) is 0 Å². The second-order valence-electron chi connectivity index (χ2n) is 5.04. The maximum Gasteiger partial charge on any atom is 0.407 e. The SMILES string of the molecule is Cc1cc(Br)cc(C)c1S(=O)(=O)N1CCN(C(=O)O)CC1. The number of piperazine rings is 1. The predicted octanol–water partition coefficient (Wildman–Crippen LogP) is 2.05. The molecular weight excluding hydrogens is 360 g/mol. The van der Waals surface area contributed by atoms with Crippen LogP contribution in [0.1, 0.15) is 11.1 Å².